The van der Waals surface area contributed by atoms with Crippen molar-refractivity contribution >= 4 is 11.6 Å². The van der Waals surface area contributed by atoms with Gasteiger partial charge in [0, 0.05) is 12.6 Å². The first-order chi connectivity index (χ1) is 12.1. The van der Waals surface area contributed by atoms with Gasteiger partial charge >= 0.3 is 0 Å². The number of aliphatic hydroxyl groups excluding tert-OH is 1. The van der Waals surface area contributed by atoms with Crippen LogP contribution in [0, 0.1) is 0 Å². The van der Waals surface area contributed by atoms with Crippen LogP contribution < -0.4 is 15.4 Å². The molecule has 0 fully saturated rings. The molecule has 2 atom stereocenters. The van der Waals surface area contributed by atoms with Crippen LogP contribution in [0.2, 0.25) is 0 Å². The minimum absolute atomic E-state index is 0.0152. The summed E-state index contributed by atoms with van der Waals surface area (Å²) in [4.78, 5) is 11.3. The van der Waals surface area contributed by atoms with Crippen molar-refractivity contribution in [2.24, 2.45) is 0 Å². The molecule has 25 heavy (non-hydrogen) atoms. The molecule has 1 amide bonds. The molecule has 0 saturated carbocycles. The molecule has 3 rings (SSSR count). The number of ether oxygens (including phenoxy) is 1. The third-order valence-corrected chi connectivity index (χ3v) is 4.39. The molecule has 0 aromatic heterocycles. The lowest BCUT2D eigenvalue weighted by Gasteiger charge is -2.21. The summed E-state index contributed by atoms with van der Waals surface area (Å²) in [7, 11) is 0. The summed E-state index contributed by atoms with van der Waals surface area (Å²) in [6.07, 6.45) is 1.40. The summed E-state index contributed by atoms with van der Waals surface area (Å²) in [5.74, 6) is 0.447. The highest BCUT2D eigenvalue weighted by Crippen LogP contribution is 2.30. The van der Waals surface area contributed by atoms with Crippen molar-refractivity contribution in [2.45, 2.75) is 31.9 Å². The molecule has 1 heterocycles. The number of anilines is 1. The van der Waals surface area contributed by atoms with Gasteiger partial charge in [-0.15, -0.1) is 0 Å². The molecule has 1 aliphatic rings. The zero-order valence-corrected chi connectivity index (χ0v) is 14.4. The smallest absolute Gasteiger partial charge is 0.262 e. The number of aryl methyl sites for hydroxylation is 1. The predicted octanol–water partition coefficient (Wildman–Crippen LogP) is 2.66. The van der Waals surface area contributed by atoms with Crippen LogP contribution in [0.5, 0.6) is 5.75 Å². The van der Waals surface area contributed by atoms with Crippen LogP contribution in [0.1, 0.15) is 30.6 Å². The fourth-order valence-electron chi connectivity index (χ4n) is 2.86. The number of nitrogens with one attached hydrogen (secondary N) is 2. The van der Waals surface area contributed by atoms with Crippen LogP contribution >= 0.6 is 0 Å². The number of fused-ring (bicyclic) bond motifs is 1. The molecule has 0 aliphatic carbocycles. The van der Waals surface area contributed by atoms with E-state index in [4.69, 9.17) is 4.74 Å². The van der Waals surface area contributed by atoms with Gasteiger partial charge in [-0.3, -0.25) is 4.79 Å². The minimum atomic E-state index is -0.620. The fourth-order valence-corrected chi connectivity index (χ4v) is 2.86. The van der Waals surface area contributed by atoms with Crippen LogP contribution in [-0.2, 0) is 11.2 Å². The van der Waals surface area contributed by atoms with Crippen molar-refractivity contribution in [3.05, 3.63) is 59.7 Å². The highest BCUT2D eigenvalue weighted by molar-refractivity contribution is 5.95. The summed E-state index contributed by atoms with van der Waals surface area (Å²) in [5, 5.41) is 16.5. The van der Waals surface area contributed by atoms with Gasteiger partial charge in [-0.05, 0) is 43.0 Å². The lowest BCUT2D eigenvalue weighted by molar-refractivity contribution is -0.118. The third-order valence-electron chi connectivity index (χ3n) is 4.39. The van der Waals surface area contributed by atoms with Gasteiger partial charge in [0.25, 0.3) is 5.91 Å². The molecule has 2 aromatic rings. The first kappa shape index (κ1) is 17.5. The fraction of sp³-hybridized carbons (Fsp3) is 0.350. The summed E-state index contributed by atoms with van der Waals surface area (Å²) >= 11 is 0. The second-order valence-electron chi connectivity index (χ2n) is 6.44. The van der Waals surface area contributed by atoms with E-state index in [0.29, 0.717) is 24.0 Å². The van der Waals surface area contributed by atoms with E-state index in [1.54, 1.807) is 12.1 Å². The minimum Gasteiger partial charge on any atom is -0.482 e. The molecular weight excluding hydrogens is 316 g/mol. The molecule has 0 radical (unpaired) electrons. The van der Waals surface area contributed by atoms with E-state index in [9.17, 15) is 9.90 Å². The van der Waals surface area contributed by atoms with E-state index < -0.39 is 6.10 Å². The van der Waals surface area contributed by atoms with Crippen LogP contribution in [0.15, 0.2) is 48.5 Å². The number of carbonyl (C=O) groups is 1. The number of amides is 1. The molecule has 3 N–H and O–H groups in total. The van der Waals surface area contributed by atoms with Gasteiger partial charge in [0.1, 0.15) is 5.75 Å². The first-order valence-electron chi connectivity index (χ1n) is 8.64. The molecule has 1 aliphatic heterocycles. The number of hydrogen-bond donors (Lipinski definition) is 3. The third kappa shape index (κ3) is 4.81. The molecule has 2 aromatic carbocycles. The summed E-state index contributed by atoms with van der Waals surface area (Å²) in [6.45, 7) is 2.61. The van der Waals surface area contributed by atoms with Crippen LogP contribution in [0.4, 0.5) is 5.69 Å². The molecule has 132 valence electrons. The van der Waals surface area contributed by atoms with Crippen LogP contribution in [-0.4, -0.2) is 30.2 Å². The number of hydrogen-bond acceptors (Lipinski definition) is 4. The van der Waals surface area contributed by atoms with Crippen LogP contribution in [0.3, 0.4) is 0 Å². The van der Waals surface area contributed by atoms with Crippen molar-refractivity contribution in [1.29, 1.82) is 0 Å². The van der Waals surface area contributed by atoms with Crippen LogP contribution in [0.25, 0.3) is 0 Å². The number of carbonyl (C=O) groups excluding carboxylic acids is 1. The van der Waals surface area contributed by atoms with Crippen molar-refractivity contribution in [1.82, 2.24) is 5.32 Å². The van der Waals surface area contributed by atoms with Gasteiger partial charge < -0.3 is 20.5 Å². The second-order valence-corrected chi connectivity index (χ2v) is 6.44. The Hall–Kier alpha value is -2.37. The Bertz CT molecular complexity index is 718. The Labute approximate surface area is 148 Å². The topological polar surface area (TPSA) is 70.6 Å². The van der Waals surface area contributed by atoms with Gasteiger partial charge in [-0.25, -0.2) is 0 Å². The number of aliphatic hydroxyl groups is 1. The normalized spacial score (nSPS) is 15.7. The van der Waals surface area contributed by atoms with E-state index in [-0.39, 0.29) is 12.5 Å². The van der Waals surface area contributed by atoms with Gasteiger partial charge in [0.2, 0.25) is 0 Å². The Morgan fingerprint density at radius 3 is 2.84 bits per heavy atom. The zero-order valence-electron chi connectivity index (χ0n) is 14.4. The molecule has 0 spiro atoms. The Kier molecular flexibility index (Phi) is 5.68. The number of rotatable bonds is 7. The predicted molar refractivity (Wildman–Crippen MR) is 97.8 cm³/mol. The van der Waals surface area contributed by atoms with Crippen molar-refractivity contribution in [3.8, 4) is 5.75 Å². The molecule has 5 nitrogen and oxygen atoms in total. The standard InChI is InChI=1S/C20H24N2O3/c1-14(7-8-15-5-3-2-4-6-15)21-12-18(23)16-9-10-17-19(11-16)25-13-20(24)22-17/h2-6,9-11,14,18,21,23H,7-8,12-13H2,1H3,(H,22,24). The zero-order chi connectivity index (χ0) is 17.6. The largest absolute Gasteiger partial charge is 0.482 e. The van der Waals surface area contributed by atoms with Gasteiger partial charge in [0.15, 0.2) is 6.61 Å². The average molecular weight is 340 g/mol. The first-order valence-corrected chi connectivity index (χ1v) is 8.64. The van der Waals surface area contributed by atoms with Gasteiger partial charge in [-0.2, -0.15) is 0 Å². The average Bonchev–Trinajstić information content (AvgIpc) is 2.64. The molecule has 2 unspecified atom stereocenters. The highest BCUT2D eigenvalue weighted by atomic mass is 16.5. The summed E-state index contributed by atoms with van der Waals surface area (Å²) in [5.41, 5.74) is 2.75. The maximum absolute atomic E-state index is 11.3. The monoisotopic (exact) mass is 340 g/mol. The second kappa shape index (κ2) is 8.14. The lowest BCUT2D eigenvalue weighted by atomic mass is 10.0. The van der Waals surface area contributed by atoms with Gasteiger partial charge in [0.05, 0.1) is 11.8 Å². The van der Waals surface area contributed by atoms with Crippen molar-refractivity contribution < 1.29 is 14.6 Å². The van der Waals surface area contributed by atoms with E-state index in [1.165, 1.54) is 5.56 Å². The Morgan fingerprint density at radius 2 is 2.04 bits per heavy atom. The van der Waals surface area contributed by atoms with Gasteiger partial charge in [-0.1, -0.05) is 36.4 Å². The molecule has 0 saturated heterocycles. The quantitative estimate of drug-likeness (QED) is 0.725. The molecule has 0 bridgehead atoms. The van der Waals surface area contributed by atoms with Crippen molar-refractivity contribution in [2.75, 3.05) is 18.5 Å². The molecule has 5 heteroatoms. The van der Waals surface area contributed by atoms with E-state index in [2.05, 4.69) is 41.8 Å². The Balaban J connectivity index is 1.49. The van der Waals surface area contributed by atoms with E-state index >= 15 is 0 Å². The highest BCUT2D eigenvalue weighted by Gasteiger charge is 2.18. The maximum Gasteiger partial charge on any atom is 0.262 e. The summed E-state index contributed by atoms with van der Waals surface area (Å²) in [6, 6.07) is 16.1. The lowest BCUT2D eigenvalue weighted by Crippen LogP contribution is -2.31. The van der Waals surface area contributed by atoms with Crippen molar-refractivity contribution in [3.63, 3.8) is 0 Å². The SMILES string of the molecule is CC(CCc1ccccc1)NCC(O)c1ccc2c(c1)OCC(=O)N2. The van der Waals surface area contributed by atoms with E-state index in [1.807, 2.05) is 12.1 Å². The Morgan fingerprint density at radius 1 is 1.24 bits per heavy atom. The number of benzene rings is 2. The van der Waals surface area contributed by atoms with E-state index in [0.717, 1.165) is 18.4 Å². The summed E-state index contributed by atoms with van der Waals surface area (Å²) < 4.78 is 5.40. The maximum atomic E-state index is 11.3. The molecular formula is C20H24N2O3.